The van der Waals surface area contributed by atoms with E-state index in [1.807, 2.05) is 0 Å². The Labute approximate surface area is 130 Å². The predicted octanol–water partition coefficient (Wildman–Crippen LogP) is 3.51. The zero-order valence-electron chi connectivity index (χ0n) is 13.8. The lowest BCUT2D eigenvalue weighted by molar-refractivity contribution is -0.132. The van der Waals surface area contributed by atoms with E-state index < -0.39 is 0 Å². The molecule has 4 saturated carbocycles. The van der Waals surface area contributed by atoms with Gasteiger partial charge in [-0.1, -0.05) is 6.42 Å². The van der Waals surface area contributed by atoms with Crippen LogP contribution in [0.4, 0.5) is 0 Å². The summed E-state index contributed by atoms with van der Waals surface area (Å²) in [5.74, 6) is 3.27. The van der Waals surface area contributed by atoms with E-state index in [0.29, 0.717) is 5.54 Å². The van der Waals surface area contributed by atoms with E-state index in [0.717, 1.165) is 29.8 Å². The molecule has 2 heteroatoms. The standard InChI is InChI=1S/C19H32N2/c1-14-12-20-5-3-2-4-18(20)13-21(14)19-9-15-6-16(10-19)8-17(7-15)11-19/h14-18H,2-13H2,1H3. The number of rotatable bonds is 1. The molecule has 0 amide bonds. The summed E-state index contributed by atoms with van der Waals surface area (Å²) in [6, 6.07) is 1.69. The van der Waals surface area contributed by atoms with Crippen molar-refractivity contribution in [2.45, 2.75) is 82.3 Å². The molecule has 2 saturated heterocycles. The molecule has 6 rings (SSSR count). The van der Waals surface area contributed by atoms with Crippen LogP contribution >= 0.6 is 0 Å². The van der Waals surface area contributed by atoms with Crippen LogP contribution in [0.15, 0.2) is 0 Å². The number of hydrogen-bond donors (Lipinski definition) is 0. The first-order valence-electron chi connectivity index (χ1n) is 9.73. The van der Waals surface area contributed by atoms with Crippen LogP contribution in [0.3, 0.4) is 0 Å². The lowest BCUT2D eigenvalue weighted by atomic mass is 9.52. The van der Waals surface area contributed by atoms with E-state index in [-0.39, 0.29) is 0 Å². The Morgan fingerprint density at radius 1 is 0.857 bits per heavy atom. The highest BCUT2D eigenvalue weighted by Crippen LogP contribution is 2.58. The molecule has 4 aliphatic carbocycles. The molecule has 0 radical (unpaired) electrons. The van der Waals surface area contributed by atoms with Gasteiger partial charge in [-0.25, -0.2) is 0 Å². The highest BCUT2D eigenvalue weighted by atomic mass is 15.3. The Kier molecular flexibility index (Phi) is 3.00. The summed E-state index contributed by atoms with van der Waals surface area (Å²) in [6.45, 7) is 6.66. The Morgan fingerprint density at radius 3 is 2.19 bits per heavy atom. The van der Waals surface area contributed by atoms with Crippen molar-refractivity contribution in [1.29, 1.82) is 0 Å². The molecular weight excluding hydrogens is 256 g/mol. The topological polar surface area (TPSA) is 6.48 Å². The molecule has 4 bridgehead atoms. The fraction of sp³-hybridized carbons (Fsp3) is 1.00. The molecular formula is C19H32N2. The largest absolute Gasteiger partial charge is 0.298 e. The van der Waals surface area contributed by atoms with Crippen LogP contribution in [0.5, 0.6) is 0 Å². The van der Waals surface area contributed by atoms with Crippen LogP contribution in [-0.4, -0.2) is 47.1 Å². The number of nitrogens with zero attached hydrogens (tertiary/aromatic N) is 2. The third-order valence-corrected chi connectivity index (χ3v) is 7.80. The van der Waals surface area contributed by atoms with Crippen molar-refractivity contribution in [2.75, 3.05) is 19.6 Å². The van der Waals surface area contributed by atoms with Gasteiger partial charge in [0.05, 0.1) is 0 Å². The smallest absolute Gasteiger partial charge is 0.0224 e. The van der Waals surface area contributed by atoms with Gasteiger partial charge in [-0.05, 0) is 82.6 Å². The molecule has 21 heavy (non-hydrogen) atoms. The Bertz CT molecular complexity index is 383. The van der Waals surface area contributed by atoms with Crippen molar-refractivity contribution in [3.8, 4) is 0 Å². The van der Waals surface area contributed by atoms with E-state index in [4.69, 9.17) is 0 Å². The average molecular weight is 288 g/mol. The lowest BCUT2D eigenvalue weighted by Crippen LogP contribution is -2.69. The van der Waals surface area contributed by atoms with Gasteiger partial charge in [0.15, 0.2) is 0 Å². The molecule has 0 aromatic rings. The SMILES string of the molecule is CC1CN2CCCCC2CN1C12CC3CC(CC(C3)C1)C2. The van der Waals surface area contributed by atoms with Gasteiger partial charge in [-0.3, -0.25) is 9.80 Å². The molecule has 2 aliphatic heterocycles. The van der Waals surface area contributed by atoms with Gasteiger partial charge in [0.25, 0.3) is 0 Å². The number of piperazine rings is 1. The van der Waals surface area contributed by atoms with Crippen LogP contribution in [0.2, 0.25) is 0 Å². The van der Waals surface area contributed by atoms with E-state index in [1.54, 1.807) is 38.5 Å². The molecule has 0 aromatic heterocycles. The van der Waals surface area contributed by atoms with Crippen molar-refractivity contribution >= 4 is 0 Å². The average Bonchev–Trinajstić information content (AvgIpc) is 2.45. The molecule has 2 heterocycles. The van der Waals surface area contributed by atoms with Gasteiger partial charge in [0.2, 0.25) is 0 Å². The van der Waals surface area contributed by atoms with Gasteiger partial charge in [0, 0.05) is 30.7 Å². The van der Waals surface area contributed by atoms with Crippen molar-refractivity contribution in [1.82, 2.24) is 9.80 Å². The molecule has 6 aliphatic rings. The summed E-state index contributed by atoms with van der Waals surface area (Å²) < 4.78 is 0. The van der Waals surface area contributed by atoms with E-state index in [2.05, 4.69) is 16.7 Å². The minimum absolute atomic E-state index is 0.637. The maximum absolute atomic E-state index is 3.05. The minimum Gasteiger partial charge on any atom is -0.298 e. The van der Waals surface area contributed by atoms with E-state index >= 15 is 0 Å². The molecule has 0 N–H and O–H groups in total. The van der Waals surface area contributed by atoms with Crippen molar-refractivity contribution in [2.24, 2.45) is 17.8 Å². The van der Waals surface area contributed by atoms with E-state index in [1.165, 1.54) is 38.9 Å². The van der Waals surface area contributed by atoms with Crippen molar-refractivity contribution in [3.63, 3.8) is 0 Å². The summed E-state index contributed by atoms with van der Waals surface area (Å²) in [4.78, 5) is 5.87. The van der Waals surface area contributed by atoms with Gasteiger partial charge >= 0.3 is 0 Å². The first kappa shape index (κ1) is 13.4. The van der Waals surface area contributed by atoms with Crippen LogP contribution in [0, 0.1) is 17.8 Å². The Hall–Kier alpha value is -0.0800. The molecule has 2 unspecified atom stereocenters. The lowest BCUT2D eigenvalue weighted by Gasteiger charge is -2.64. The highest BCUT2D eigenvalue weighted by Gasteiger charge is 2.55. The fourth-order valence-electron chi connectivity index (χ4n) is 7.43. The Balaban J connectivity index is 1.41. The normalized spacial score (nSPS) is 53.9. The van der Waals surface area contributed by atoms with Crippen LogP contribution in [0.25, 0.3) is 0 Å². The zero-order chi connectivity index (χ0) is 14.0. The first-order valence-corrected chi connectivity index (χ1v) is 9.73. The maximum atomic E-state index is 3.05. The molecule has 6 fully saturated rings. The van der Waals surface area contributed by atoms with Gasteiger partial charge in [-0.2, -0.15) is 0 Å². The van der Waals surface area contributed by atoms with Gasteiger partial charge in [-0.15, -0.1) is 0 Å². The highest BCUT2D eigenvalue weighted by molar-refractivity contribution is 5.10. The van der Waals surface area contributed by atoms with Crippen molar-refractivity contribution < 1.29 is 0 Å². The third-order valence-electron chi connectivity index (χ3n) is 7.80. The molecule has 2 atom stereocenters. The first-order chi connectivity index (χ1) is 10.2. The summed E-state index contributed by atoms with van der Waals surface area (Å²) >= 11 is 0. The van der Waals surface area contributed by atoms with Gasteiger partial charge in [0.1, 0.15) is 0 Å². The summed E-state index contributed by atoms with van der Waals surface area (Å²) in [7, 11) is 0. The second kappa shape index (κ2) is 4.71. The predicted molar refractivity (Wildman–Crippen MR) is 86.3 cm³/mol. The second-order valence-corrected chi connectivity index (χ2v) is 9.29. The number of hydrogen-bond acceptors (Lipinski definition) is 2. The van der Waals surface area contributed by atoms with Crippen molar-refractivity contribution in [3.05, 3.63) is 0 Å². The quantitative estimate of drug-likeness (QED) is 0.728. The summed E-state index contributed by atoms with van der Waals surface area (Å²) in [5.41, 5.74) is 0.637. The molecule has 118 valence electrons. The summed E-state index contributed by atoms with van der Waals surface area (Å²) in [6.07, 6.45) is 13.8. The van der Waals surface area contributed by atoms with Gasteiger partial charge < -0.3 is 0 Å². The fourth-order valence-corrected chi connectivity index (χ4v) is 7.43. The summed E-state index contributed by atoms with van der Waals surface area (Å²) in [5, 5.41) is 0. The molecule has 2 nitrogen and oxygen atoms in total. The Morgan fingerprint density at radius 2 is 1.52 bits per heavy atom. The number of fused-ring (bicyclic) bond motifs is 1. The van der Waals surface area contributed by atoms with E-state index in [9.17, 15) is 0 Å². The second-order valence-electron chi connectivity index (χ2n) is 9.29. The van der Waals surface area contributed by atoms with Crippen LogP contribution < -0.4 is 0 Å². The third kappa shape index (κ3) is 2.05. The molecule has 0 spiro atoms. The van der Waals surface area contributed by atoms with Crippen LogP contribution in [0.1, 0.15) is 64.7 Å². The zero-order valence-corrected chi connectivity index (χ0v) is 13.8. The monoisotopic (exact) mass is 288 g/mol. The number of piperidine rings is 1. The minimum atomic E-state index is 0.637. The molecule has 0 aromatic carbocycles. The van der Waals surface area contributed by atoms with Crippen LogP contribution in [-0.2, 0) is 0 Å². The maximum Gasteiger partial charge on any atom is 0.0224 e.